The number of benzene rings is 1. The van der Waals surface area contributed by atoms with E-state index in [0.29, 0.717) is 18.1 Å². The SMILES string of the molecule is CC(C)(F)C1(C)SC(=NCCc2ccc(F)cc2)NC1=O. The highest BCUT2D eigenvalue weighted by atomic mass is 32.2. The molecule has 1 aromatic rings. The van der Waals surface area contributed by atoms with Crippen molar-refractivity contribution in [3.05, 3.63) is 35.6 Å². The van der Waals surface area contributed by atoms with Gasteiger partial charge in [-0.3, -0.25) is 9.79 Å². The third-order valence-electron chi connectivity index (χ3n) is 3.66. The summed E-state index contributed by atoms with van der Waals surface area (Å²) in [6, 6.07) is 6.20. The molecule has 0 bridgehead atoms. The summed E-state index contributed by atoms with van der Waals surface area (Å²) in [6.07, 6.45) is 0.635. The van der Waals surface area contributed by atoms with Gasteiger partial charge in [0.1, 0.15) is 16.2 Å². The third kappa shape index (κ3) is 3.43. The highest BCUT2D eigenvalue weighted by Gasteiger charge is 2.54. The molecule has 0 spiro atoms. The maximum Gasteiger partial charge on any atom is 0.245 e. The topological polar surface area (TPSA) is 41.5 Å². The van der Waals surface area contributed by atoms with Crippen molar-refractivity contribution in [3.63, 3.8) is 0 Å². The van der Waals surface area contributed by atoms with E-state index in [1.54, 1.807) is 19.1 Å². The molecule has 3 nitrogen and oxygen atoms in total. The van der Waals surface area contributed by atoms with Crippen LogP contribution < -0.4 is 5.32 Å². The molecule has 0 radical (unpaired) electrons. The Labute approximate surface area is 127 Å². The van der Waals surface area contributed by atoms with E-state index in [1.165, 1.54) is 26.0 Å². The normalized spacial score (nSPS) is 24.4. The Hall–Kier alpha value is -1.43. The van der Waals surface area contributed by atoms with Gasteiger partial charge < -0.3 is 5.32 Å². The molecule has 6 heteroatoms. The molecule has 0 aromatic heterocycles. The van der Waals surface area contributed by atoms with Crippen LogP contribution >= 0.6 is 11.8 Å². The fourth-order valence-corrected chi connectivity index (χ4v) is 2.96. The van der Waals surface area contributed by atoms with Crippen molar-refractivity contribution in [1.29, 1.82) is 0 Å². The number of hydrogen-bond donors (Lipinski definition) is 1. The first-order valence-corrected chi connectivity index (χ1v) is 7.52. The van der Waals surface area contributed by atoms with Crippen LogP contribution in [0.3, 0.4) is 0 Å². The summed E-state index contributed by atoms with van der Waals surface area (Å²) in [5, 5.41) is 3.06. The number of amides is 1. The predicted molar refractivity (Wildman–Crippen MR) is 81.7 cm³/mol. The third-order valence-corrected chi connectivity index (χ3v) is 5.16. The second kappa shape index (κ2) is 5.75. The van der Waals surface area contributed by atoms with Gasteiger partial charge in [0.05, 0.1) is 0 Å². The van der Waals surface area contributed by atoms with E-state index in [2.05, 4.69) is 10.3 Å². The Kier molecular flexibility index (Phi) is 4.37. The predicted octanol–water partition coefficient (Wildman–Crippen LogP) is 3.09. The van der Waals surface area contributed by atoms with Gasteiger partial charge in [-0.1, -0.05) is 23.9 Å². The number of aliphatic imine (C=N–C) groups is 1. The molecule has 2 rings (SSSR count). The van der Waals surface area contributed by atoms with E-state index in [9.17, 15) is 13.6 Å². The summed E-state index contributed by atoms with van der Waals surface area (Å²) >= 11 is 1.12. The average molecular weight is 312 g/mol. The first-order chi connectivity index (χ1) is 9.72. The molecule has 1 saturated heterocycles. The van der Waals surface area contributed by atoms with E-state index in [-0.39, 0.29) is 11.7 Å². The summed E-state index contributed by atoms with van der Waals surface area (Å²) in [5.74, 6) is -0.634. The molecule has 1 heterocycles. The van der Waals surface area contributed by atoms with E-state index >= 15 is 0 Å². The Bertz CT molecular complexity index is 566. The molecule has 0 saturated carbocycles. The van der Waals surface area contributed by atoms with Crippen LogP contribution in [0.2, 0.25) is 0 Å². The van der Waals surface area contributed by atoms with Gasteiger partial charge in [-0.15, -0.1) is 0 Å². The van der Waals surface area contributed by atoms with Gasteiger partial charge in [-0.25, -0.2) is 8.78 Å². The zero-order valence-electron chi connectivity index (χ0n) is 12.2. The van der Waals surface area contributed by atoms with Gasteiger partial charge in [0, 0.05) is 6.54 Å². The van der Waals surface area contributed by atoms with Gasteiger partial charge in [0.2, 0.25) is 5.91 Å². The number of carbonyl (C=O) groups excluding carboxylic acids is 1. The van der Waals surface area contributed by atoms with Crippen molar-refractivity contribution in [2.45, 2.75) is 37.6 Å². The molecule has 21 heavy (non-hydrogen) atoms. The van der Waals surface area contributed by atoms with Crippen LogP contribution in [0, 0.1) is 5.82 Å². The molecule has 1 N–H and O–H groups in total. The molecule has 1 amide bonds. The summed E-state index contributed by atoms with van der Waals surface area (Å²) in [4.78, 5) is 16.2. The van der Waals surface area contributed by atoms with E-state index in [0.717, 1.165) is 17.3 Å². The number of halogens is 2. The molecule has 114 valence electrons. The average Bonchev–Trinajstić information content (AvgIpc) is 2.68. The number of amidine groups is 1. The quantitative estimate of drug-likeness (QED) is 0.928. The summed E-state index contributed by atoms with van der Waals surface area (Å²) in [7, 11) is 0. The molecule has 0 aliphatic carbocycles. The number of nitrogens with zero attached hydrogens (tertiary/aromatic N) is 1. The standard InChI is InChI=1S/C15H18F2N2OS/c1-14(2,17)15(3)12(20)19-13(21-15)18-9-8-10-4-6-11(16)7-5-10/h4-7H,8-9H2,1-3H3,(H,18,19,20). The fourth-order valence-electron chi connectivity index (χ4n) is 1.88. The van der Waals surface area contributed by atoms with Gasteiger partial charge in [-0.2, -0.15) is 0 Å². The van der Waals surface area contributed by atoms with Crippen molar-refractivity contribution in [1.82, 2.24) is 5.32 Å². The molecular weight excluding hydrogens is 294 g/mol. The maximum atomic E-state index is 14.2. The van der Waals surface area contributed by atoms with E-state index in [4.69, 9.17) is 0 Å². The van der Waals surface area contributed by atoms with Crippen LogP contribution in [0.1, 0.15) is 26.3 Å². The van der Waals surface area contributed by atoms with Crippen molar-refractivity contribution in [2.75, 3.05) is 6.54 Å². The monoisotopic (exact) mass is 312 g/mol. The second-order valence-electron chi connectivity index (χ2n) is 5.63. The highest BCUT2D eigenvalue weighted by Crippen LogP contribution is 2.42. The summed E-state index contributed by atoms with van der Waals surface area (Å²) in [5.41, 5.74) is -0.681. The lowest BCUT2D eigenvalue weighted by Crippen LogP contribution is -2.48. The molecule has 1 atom stereocenters. The number of hydrogen-bond acceptors (Lipinski definition) is 3. The lowest BCUT2D eigenvalue weighted by Gasteiger charge is -2.29. The minimum Gasteiger partial charge on any atom is -0.304 e. The minimum atomic E-state index is -1.64. The molecule has 1 aliphatic heterocycles. The molecule has 1 aromatic carbocycles. The first-order valence-electron chi connectivity index (χ1n) is 6.71. The van der Waals surface area contributed by atoms with Crippen LogP contribution in [-0.2, 0) is 11.2 Å². The first kappa shape index (κ1) is 15.9. The van der Waals surface area contributed by atoms with Crippen molar-refractivity contribution >= 4 is 22.8 Å². The Balaban J connectivity index is 1.98. The smallest absolute Gasteiger partial charge is 0.245 e. The number of nitrogens with one attached hydrogen (secondary N) is 1. The van der Waals surface area contributed by atoms with E-state index < -0.39 is 10.4 Å². The van der Waals surface area contributed by atoms with Crippen molar-refractivity contribution in [3.8, 4) is 0 Å². The highest BCUT2D eigenvalue weighted by molar-refractivity contribution is 8.16. The van der Waals surface area contributed by atoms with Crippen LogP contribution in [0.4, 0.5) is 8.78 Å². The van der Waals surface area contributed by atoms with Gasteiger partial charge in [0.15, 0.2) is 5.17 Å². The number of carbonyl (C=O) groups is 1. The number of alkyl halides is 1. The van der Waals surface area contributed by atoms with Crippen LogP contribution in [-0.4, -0.2) is 28.0 Å². The van der Waals surface area contributed by atoms with Gasteiger partial charge in [-0.05, 0) is 44.9 Å². The zero-order chi connectivity index (χ0) is 15.7. The maximum absolute atomic E-state index is 14.2. The zero-order valence-corrected chi connectivity index (χ0v) is 13.1. The van der Waals surface area contributed by atoms with Crippen LogP contribution in [0.15, 0.2) is 29.3 Å². The molecule has 1 fully saturated rings. The second-order valence-corrected chi connectivity index (χ2v) is 7.03. The van der Waals surface area contributed by atoms with Crippen LogP contribution in [0.25, 0.3) is 0 Å². The summed E-state index contributed by atoms with van der Waals surface area (Å²) in [6.45, 7) is 4.81. The Morgan fingerprint density at radius 3 is 2.48 bits per heavy atom. The molecular formula is C15H18F2N2OS. The fraction of sp³-hybridized carbons (Fsp3) is 0.467. The largest absolute Gasteiger partial charge is 0.304 e. The van der Waals surface area contributed by atoms with Gasteiger partial charge >= 0.3 is 0 Å². The Morgan fingerprint density at radius 1 is 1.33 bits per heavy atom. The summed E-state index contributed by atoms with van der Waals surface area (Å²) < 4.78 is 25.8. The molecule has 1 unspecified atom stereocenters. The number of rotatable bonds is 4. The van der Waals surface area contributed by atoms with Crippen molar-refractivity contribution in [2.24, 2.45) is 4.99 Å². The minimum absolute atomic E-state index is 0.274. The van der Waals surface area contributed by atoms with Gasteiger partial charge in [0.25, 0.3) is 0 Å². The molecule has 1 aliphatic rings. The van der Waals surface area contributed by atoms with E-state index in [1.807, 2.05) is 0 Å². The Morgan fingerprint density at radius 2 is 1.95 bits per heavy atom. The van der Waals surface area contributed by atoms with Crippen LogP contribution in [0.5, 0.6) is 0 Å². The lowest BCUT2D eigenvalue weighted by atomic mass is 9.93. The number of thioether (sulfide) groups is 1. The lowest BCUT2D eigenvalue weighted by molar-refractivity contribution is -0.124. The van der Waals surface area contributed by atoms with Crippen molar-refractivity contribution < 1.29 is 13.6 Å².